The van der Waals surface area contributed by atoms with Crippen molar-refractivity contribution in [3.8, 4) is 11.5 Å². The quantitative estimate of drug-likeness (QED) is 0.801. The van der Waals surface area contributed by atoms with Crippen molar-refractivity contribution in [2.75, 3.05) is 0 Å². The number of nitrogens with two attached hydrogens (primary N) is 1. The molecule has 0 fully saturated rings. The summed E-state index contributed by atoms with van der Waals surface area (Å²) in [4.78, 5) is 4.45. The van der Waals surface area contributed by atoms with E-state index in [1.54, 1.807) is 10.9 Å². The van der Waals surface area contributed by atoms with E-state index in [2.05, 4.69) is 27.4 Å². The van der Waals surface area contributed by atoms with Crippen LogP contribution in [0.2, 0.25) is 0 Å². The highest BCUT2D eigenvalue weighted by atomic mass is 16.5. The van der Waals surface area contributed by atoms with Crippen LogP contribution >= 0.6 is 0 Å². The summed E-state index contributed by atoms with van der Waals surface area (Å²) >= 11 is 0. The van der Waals surface area contributed by atoms with Gasteiger partial charge in [0, 0.05) is 24.0 Å². The number of hydrogen-bond acceptors (Lipinski definition) is 5. The van der Waals surface area contributed by atoms with E-state index in [1.807, 2.05) is 18.3 Å². The predicted octanol–water partition coefficient (Wildman–Crippen LogP) is 2.32. The Morgan fingerprint density at radius 2 is 2.32 bits per heavy atom. The van der Waals surface area contributed by atoms with Crippen molar-refractivity contribution in [3.63, 3.8) is 0 Å². The Hall–Kier alpha value is -2.47. The molecule has 0 radical (unpaired) electrons. The lowest BCUT2D eigenvalue weighted by Crippen LogP contribution is -2.17. The van der Waals surface area contributed by atoms with Crippen LogP contribution in [0.25, 0.3) is 11.5 Å². The second kappa shape index (κ2) is 5.38. The molecular weight excluding hydrogens is 278 g/mol. The number of aryl methyl sites for hydroxylation is 1. The topological polar surface area (TPSA) is 82.8 Å². The van der Waals surface area contributed by atoms with Crippen molar-refractivity contribution in [2.45, 2.75) is 31.8 Å². The lowest BCUT2D eigenvalue weighted by molar-refractivity contribution is 0.418. The fourth-order valence-electron chi connectivity index (χ4n) is 2.96. The minimum Gasteiger partial charge on any atom is -0.334 e. The van der Waals surface area contributed by atoms with Gasteiger partial charge in [0.05, 0.1) is 0 Å². The second-order valence-corrected chi connectivity index (χ2v) is 5.63. The van der Waals surface area contributed by atoms with Gasteiger partial charge in [0.25, 0.3) is 5.89 Å². The molecule has 22 heavy (non-hydrogen) atoms. The molecule has 0 spiro atoms. The molecule has 0 aliphatic heterocycles. The Labute approximate surface area is 127 Å². The van der Waals surface area contributed by atoms with E-state index in [4.69, 9.17) is 10.3 Å². The van der Waals surface area contributed by atoms with Crippen molar-refractivity contribution in [1.29, 1.82) is 0 Å². The molecule has 2 heterocycles. The molecule has 112 valence electrons. The lowest BCUT2D eigenvalue weighted by Gasteiger charge is -2.22. The van der Waals surface area contributed by atoms with E-state index in [0.29, 0.717) is 18.3 Å². The molecule has 6 nitrogen and oxygen atoms in total. The molecule has 1 aromatic carbocycles. The lowest BCUT2D eigenvalue weighted by atomic mass is 9.87. The van der Waals surface area contributed by atoms with Gasteiger partial charge in [-0.1, -0.05) is 11.2 Å². The van der Waals surface area contributed by atoms with Crippen LogP contribution < -0.4 is 5.73 Å². The Bertz CT molecular complexity index is 778. The summed E-state index contributed by atoms with van der Waals surface area (Å²) in [6.07, 6.45) is 6.85. The van der Waals surface area contributed by atoms with E-state index in [-0.39, 0.29) is 6.04 Å². The summed E-state index contributed by atoms with van der Waals surface area (Å²) in [7, 11) is 0. The molecule has 1 unspecified atom stereocenters. The number of fused-ring (bicyclic) bond motifs is 1. The SMILES string of the molecule is NC1CCCc2cc(-c3nc(Cn4cccn4)no3)ccc21. The summed E-state index contributed by atoms with van der Waals surface area (Å²) in [6, 6.07) is 8.24. The normalized spacial score (nSPS) is 17.4. The highest BCUT2D eigenvalue weighted by molar-refractivity contribution is 5.56. The van der Waals surface area contributed by atoms with Crippen molar-refractivity contribution < 1.29 is 4.52 Å². The summed E-state index contributed by atoms with van der Waals surface area (Å²) in [5.74, 6) is 1.16. The van der Waals surface area contributed by atoms with Gasteiger partial charge in [0.2, 0.25) is 0 Å². The third-order valence-corrected chi connectivity index (χ3v) is 4.08. The van der Waals surface area contributed by atoms with E-state index in [9.17, 15) is 0 Å². The number of nitrogens with zero attached hydrogens (tertiary/aromatic N) is 4. The van der Waals surface area contributed by atoms with E-state index in [0.717, 1.165) is 24.8 Å². The van der Waals surface area contributed by atoms with Gasteiger partial charge in [0.15, 0.2) is 5.82 Å². The summed E-state index contributed by atoms with van der Waals surface area (Å²) in [5.41, 5.74) is 9.64. The molecule has 0 amide bonds. The standard InChI is InChI=1S/C16H17N5O/c17-14-4-1-3-11-9-12(5-6-13(11)14)16-19-15(20-22-16)10-21-8-2-7-18-21/h2,5-9,14H,1,3-4,10,17H2. The molecule has 0 saturated carbocycles. The second-order valence-electron chi connectivity index (χ2n) is 5.63. The van der Waals surface area contributed by atoms with Gasteiger partial charge in [-0.05, 0) is 48.6 Å². The molecule has 4 rings (SSSR count). The van der Waals surface area contributed by atoms with E-state index < -0.39 is 0 Å². The minimum absolute atomic E-state index is 0.149. The summed E-state index contributed by atoms with van der Waals surface area (Å²) in [5, 5.41) is 8.16. The summed E-state index contributed by atoms with van der Waals surface area (Å²) < 4.78 is 7.15. The molecule has 2 aromatic heterocycles. The molecule has 2 N–H and O–H groups in total. The van der Waals surface area contributed by atoms with Crippen LogP contribution in [0, 0.1) is 0 Å². The first kappa shape index (κ1) is 13.2. The van der Waals surface area contributed by atoms with Gasteiger partial charge in [0.1, 0.15) is 6.54 Å². The van der Waals surface area contributed by atoms with Crippen LogP contribution in [0.3, 0.4) is 0 Å². The van der Waals surface area contributed by atoms with Gasteiger partial charge in [-0.2, -0.15) is 10.1 Å². The van der Waals surface area contributed by atoms with Crippen molar-refractivity contribution >= 4 is 0 Å². The van der Waals surface area contributed by atoms with Crippen LogP contribution in [0.5, 0.6) is 0 Å². The Morgan fingerprint density at radius 3 is 3.18 bits per heavy atom. The number of rotatable bonds is 3. The van der Waals surface area contributed by atoms with Crippen LogP contribution in [0.1, 0.15) is 35.8 Å². The molecule has 0 saturated heterocycles. The smallest absolute Gasteiger partial charge is 0.257 e. The predicted molar refractivity (Wildman–Crippen MR) is 80.9 cm³/mol. The zero-order valence-electron chi connectivity index (χ0n) is 12.1. The zero-order valence-corrected chi connectivity index (χ0v) is 12.1. The van der Waals surface area contributed by atoms with Crippen molar-refractivity contribution in [3.05, 3.63) is 53.6 Å². The van der Waals surface area contributed by atoms with Crippen LogP contribution in [0.4, 0.5) is 0 Å². The molecule has 1 aliphatic rings. The first-order valence-corrected chi connectivity index (χ1v) is 7.48. The Morgan fingerprint density at radius 1 is 1.36 bits per heavy atom. The monoisotopic (exact) mass is 295 g/mol. The minimum atomic E-state index is 0.149. The van der Waals surface area contributed by atoms with Gasteiger partial charge in [-0.25, -0.2) is 0 Å². The molecule has 6 heteroatoms. The first-order chi connectivity index (χ1) is 10.8. The third-order valence-electron chi connectivity index (χ3n) is 4.08. The maximum atomic E-state index is 6.15. The average molecular weight is 295 g/mol. The maximum Gasteiger partial charge on any atom is 0.257 e. The highest BCUT2D eigenvalue weighted by Gasteiger charge is 2.18. The number of aromatic nitrogens is 4. The largest absolute Gasteiger partial charge is 0.334 e. The first-order valence-electron chi connectivity index (χ1n) is 7.48. The molecule has 0 bridgehead atoms. The van der Waals surface area contributed by atoms with Crippen LogP contribution in [0.15, 0.2) is 41.2 Å². The zero-order chi connectivity index (χ0) is 14.9. The fraction of sp³-hybridized carbons (Fsp3) is 0.312. The number of hydrogen-bond donors (Lipinski definition) is 1. The van der Waals surface area contributed by atoms with Crippen LogP contribution in [-0.4, -0.2) is 19.9 Å². The summed E-state index contributed by atoms with van der Waals surface area (Å²) in [6.45, 7) is 0.506. The van der Waals surface area contributed by atoms with Gasteiger partial charge >= 0.3 is 0 Å². The van der Waals surface area contributed by atoms with E-state index >= 15 is 0 Å². The molecule has 1 atom stereocenters. The van der Waals surface area contributed by atoms with Gasteiger partial charge < -0.3 is 10.3 Å². The van der Waals surface area contributed by atoms with Crippen LogP contribution in [-0.2, 0) is 13.0 Å². The molecule has 1 aliphatic carbocycles. The van der Waals surface area contributed by atoms with Crippen molar-refractivity contribution in [2.24, 2.45) is 5.73 Å². The van der Waals surface area contributed by atoms with Crippen molar-refractivity contribution in [1.82, 2.24) is 19.9 Å². The fourth-order valence-corrected chi connectivity index (χ4v) is 2.96. The third kappa shape index (κ3) is 2.42. The van der Waals surface area contributed by atoms with Gasteiger partial charge in [-0.15, -0.1) is 0 Å². The van der Waals surface area contributed by atoms with Gasteiger partial charge in [-0.3, -0.25) is 4.68 Å². The number of benzene rings is 1. The maximum absolute atomic E-state index is 6.15. The highest BCUT2D eigenvalue weighted by Crippen LogP contribution is 2.31. The van der Waals surface area contributed by atoms with E-state index in [1.165, 1.54) is 11.1 Å². The molecular formula is C16H17N5O. The average Bonchev–Trinajstić information content (AvgIpc) is 3.20. The Balaban J connectivity index is 1.61. The molecule has 3 aromatic rings. The Kier molecular flexibility index (Phi) is 3.23.